The number of hydrogen-bond donors (Lipinski definition) is 3. The summed E-state index contributed by atoms with van der Waals surface area (Å²) in [6, 6.07) is 0. The van der Waals surface area contributed by atoms with Gasteiger partial charge in [-0.1, -0.05) is 53.7 Å². The number of aliphatic hydroxyl groups excluding tert-OH is 2. The Morgan fingerprint density at radius 1 is 0.902 bits per heavy atom. The Kier molecular flexibility index (Phi) is 8.39. The molecule has 0 aliphatic heterocycles. The normalized spacial score (nSPS) is 46.7. The molecule has 234 valence electrons. The summed E-state index contributed by atoms with van der Waals surface area (Å²) >= 11 is 0. The lowest BCUT2D eigenvalue weighted by Gasteiger charge is -2.72. The number of fused-ring (bicyclic) bond motifs is 7. The van der Waals surface area contributed by atoms with Crippen LogP contribution in [0.2, 0.25) is 0 Å². The van der Waals surface area contributed by atoms with Crippen LogP contribution in [0.3, 0.4) is 0 Å². The van der Waals surface area contributed by atoms with Crippen LogP contribution in [0.15, 0.2) is 12.2 Å². The predicted molar refractivity (Wildman–Crippen MR) is 167 cm³/mol. The minimum absolute atomic E-state index is 0.0209. The zero-order chi connectivity index (χ0) is 30.0. The molecule has 5 heteroatoms. The topological polar surface area (TPSA) is 72.8 Å². The molecule has 0 aromatic carbocycles. The van der Waals surface area contributed by atoms with Crippen molar-refractivity contribution in [3.05, 3.63) is 12.2 Å². The van der Waals surface area contributed by atoms with Crippen LogP contribution in [-0.2, 0) is 4.79 Å². The highest BCUT2D eigenvalue weighted by Gasteiger charge is 2.71. The fraction of sp³-hybridized carbons (Fsp3) is 0.917. The quantitative estimate of drug-likeness (QED) is 0.294. The third-order valence-electron chi connectivity index (χ3n) is 15.1. The van der Waals surface area contributed by atoms with Gasteiger partial charge in [0, 0.05) is 19.6 Å². The molecule has 5 aliphatic carbocycles. The first-order chi connectivity index (χ1) is 19.2. The van der Waals surface area contributed by atoms with Gasteiger partial charge in [0.15, 0.2) is 0 Å². The summed E-state index contributed by atoms with van der Waals surface area (Å²) < 4.78 is 0. The van der Waals surface area contributed by atoms with E-state index >= 15 is 0 Å². The van der Waals surface area contributed by atoms with Gasteiger partial charge in [0.2, 0.25) is 5.91 Å². The molecule has 5 nitrogen and oxygen atoms in total. The van der Waals surface area contributed by atoms with Gasteiger partial charge in [0.05, 0.1) is 18.1 Å². The number of likely N-dealkylation sites (N-methyl/N-ethyl adjacent to an activating group) is 1. The van der Waals surface area contributed by atoms with Crippen molar-refractivity contribution in [2.45, 2.75) is 119 Å². The van der Waals surface area contributed by atoms with Crippen molar-refractivity contribution in [2.75, 3.05) is 32.8 Å². The highest BCUT2D eigenvalue weighted by molar-refractivity contribution is 5.84. The Morgan fingerprint density at radius 3 is 2.29 bits per heavy atom. The number of rotatable bonds is 8. The standard InChI is InChI=1S/C36H62N2O3/c1-9-38(22-23-39)21-20-37-31(41)36-17-12-25(24(2)3)30(36)26-10-11-28-33(6)15-14-29(40)32(4,5)27(33)13-16-35(28,8)34(26,7)18-19-36/h25-30,39-40H,2,9-23H2,1,3-8H3,(H,37,41)/t25-,26+,27-,28+,29-,30+,33-,34+,35+,36-/m0/s1. The Bertz CT molecular complexity index is 1010. The second kappa shape index (κ2) is 10.9. The summed E-state index contributed by atoms with van der Waals surface area (Å²) in [4.78, 5) is 16.5. The summed E-state index contributed by atoms with van der Waals surface area (Å²) in [5, 5.41) is 23.8. The third kappa shape index (κ3) is 4.52. The average Bonchev–Trinajstić information content (AvgIpc) is 3.32. The van der Waals surface area contributed by atoms with E-state index in [0.717, 1.165) is 51.6 Å². The number of carbonyl (C=O) groups excluding carboxylic acids is 1. The Morgan fingerprint density at radius 2 is 1.63 bits per heavy atom. The first kappa shape index (κ1) is 31.5. The number of nitrogens with one attached hydrogen (secondary N) is 1. The predicted octanol–water partition coefficient (Wildman–Crippen LogP) is 6.44. The van der Waals surface area contributed by atoms with Gasteiger partial charge in [0.25, 0.3) is 0 Å². The molecule has 0 saturated heterocycles. The summed E-state index contributed by atoms with van der Waals surface area (Å²) in [6.45, 7) is 24.5. The molecule has 0 spiro atoms. The van der Waals surface area contributed by atoms with Gasteiger partial charge in [0.1, 0.15) is 0 Å². The van der Waals surface area contributed by atoms with Crippen molar-refractivity contribution < 1.29 is 15.0 Å². The zero-order valence-corrected chi connectivity index (χ0v) is 27.5. The molecule has 1 amide bonds. The number of allylic oxidation sites excluding steroid dienone is 1. The lowest BCUT2D eigenvalue weighted by Crippen LogP contribution is -2.67. The Balaban J connectivity index is 1.44. The van der Waals surface area contributed by atoms with Crippen molar-refractivity contribution in [2.24, 2.45) is 56.7 Å². The van der Waals surface area contributed by atoms with Gasteiger partial charge in [-0.15, -0.1) is 0 Å². The van der Waals surface area contributed by atoms with E-state index in [4.69, 9.17) is 0 Å². The van der Waals surface area contributed by atoms with Crippen molar-refractivity contribution in [1.29, 1.82) is 0 Å². The molecule has 10 atom stereocenters. The molecule has 0 aromatic heterocycles. The number of aliphatic hydroxyl groups is 2. The second-order valence-electron chi connectivity index (χ2n) is 16.6. The number of nitrogens with zero attached hydrogens (tertiary/aromatic N) is 1. The maximum absolute atomic E-state index is 14.2. The number of amides is 1. The van der Waals surface area contributed by atoms with E-state index < -0.39 is 0 Å². The van der Waals surface area contributed by atoms with Crippen LogP contribution in [0.25, 0.3) is 0 Å². The van der Waals surface area contributed by atoms with Crippen molar-refractivity contribution >= 4 is 5.91 Å². The van der Waals surface area contributed by atoms with E-state index in [-0.39, 0.29) is 39.8 Å². The molecule has 5 saturated carbocycles. The molecule has 5 fully saturated rings. The Hall–Kier alpha value is -0.910. The van der Waals surface area contributed by atoms with Crippen molar-refractivity contribution in [3.8, 4) is 0 Å². The minimum atomic E-state index is -0.275. The lowest BCUT2D eigenvalue weighted by molar-refractivity contribution is -0.246. The average molecular weight is 571 g/mol. The van der Waals surface area contributed by atoms with E-state index in [1.807, 2.05) is 0 Å². The van der Waals surface area contributed by atoms with E-state index in [1.54, 1.807) is 0 Å². The molecule has 0 heterocycles. The zero-order valence-electron chi connectivity index (χ0n) is 27.5. The maximum Gasteiger partial charge on any atom is 0.226 e. The number of carbonyl (C=O) groups is 1. The van der Waals surface area contributed by atoms with Gasteiger partial charge in [-0.25, -0.2) is 0 Å². The molecule has 0 unspecified atom stereocenters. The molecule has 3 N–H and O–H groups in total. The SMILES string of the molecule is C=C(C)[C@@H]1CC[C@]2(C(=O)NCCN(CC)CCO)CC[C@]3(C)[C@H](CC[C@@H]4[C@@]5(C)CC[C@H](O)C(C)(C)[C@@H]5CC[C@]43C)[C@@H]12. The first-order valence-electron chi connectivity index (χ1n) is 17.2. The van der Waals surface area contributed by atoms with Gasteiger partial charge in [-0.05, 0) is 129 Å². The molecular weight excluding hydrogens is 508 g/mol. The molecule has 0 bridgehead atoms. The molecule has 41 heavy (non-hydrogen) atoms. The molecule has 0 radical (unpaired) electrons. The van der Waals surface area contributed by atoms with Crippen molar-refractivity contribution in [3.63, 3.8) is 0 Å². The highest BCUT2D eigenvalue weighted by Crippen LogP contribution is 2.77. The lowest BCUT2D eigenvalue weighted by atomic mass is 9.32. The van der Waals surface area contributed by atoms with E-state index in [1.165, 1.54) is 31.3 Å². The van der Waals surface area contributed by atoms with Crippen LogP contribution >= 0.6 is 0 Å². The highest BCUT2D eigenvalue weighted by atomic mass is 16.3. The van der Waals surface area contributed by atoms with Gasteiger partial charge in [-0.2, -0.15) is 0 Å². The molecule has 5 aliphatic rings. The van der Waals surface area contributed by atoms with Crippen LogP contribution < -0.4 is 5.32 Å². The fourth-order valence-corrected chi connectivity index (χ4v) is 12.6. The van der Waals surface area contributed by atoms with Crippen LogP contribution in [0.1, 0.15) is 113 Å². The monoisotopic (exact) mass is 570 g/mol. The summed E-state index contributed by atoms with van der Waals surface area (Å²) in [7, 11) is 0. The Labute approximate surface area is 251 Å². The van der Waals surface area contributed by atoms with Gasteiger partial charge >= 0.3 is 0 Å². The number of hydrogen-bond acceptors (Lipinski definition) is 4. The van der Waals surface area contributed by atoms with E-state index in [2.05, 4.69) is 65.3 Å². The fourth-order valence-electron chi connectivity index (χ4n) is 12.6. The van der Waals surface area contributed by atoms with Crippen molar-refractivity contribution in [1.82, 2.24) is 10.2 Å². The third-order valence-corrected chi connectivity index (χ3v) is 15.1. The van der Waals surface area contributed by atoms with Crippen LogP contribution in [0, 0.1) is 56.7 Å². The molecule has 0 aromatic rings. The van der Waals surface area contributed by atoms with Crippen LogP contribution in [0.4, 0.5) is 0 Å². The first-order valence-corrected chi connectivity index (χ1v) is 17.2. The van der Waals surface area contributed by atoms with Gasteiger partial charge < -0.3 is 15.5 Å². The van der Waals surface area contributed by atoms with Gasteiger partial charge in [-0.3, -0.25) is 9.69 Å². The summed E-state index contributed by atoms with van der Waals surface area (Å²) in [5.74, 6) is 2.91. The summed E-state index contributed by atoms with van der Waals surface area (Å²) in [5.41, 5.74) is 1.74. The molecule has 5 rings (SSSR count). The maximum atomic E-state index is 14.2. The smallest absolute Gasteiger partial charge is 0.226 e. The summed E-state index contributed by atoms with van der Waals surface area (Å²) in [6.07, 6.45) is 11.1. The largest absolute Gasteiger partial charge is 0.395 e. The van der Waals surface area contributed by atoms with E-state index in [9.17, 15) is 15.0 Å². The second-order valence-corrected chi connectivity index (χ2v) is 16.6. The van der Waals surface area contributed by atoms with Crippen LogP contribution in [0.5, 0.6) is 0 Å². The van der Waals surface area contributed by atoms with E-state index in [0.29, 0.717) is 48.6 Å². The minimum Gasteiger partial charge on any atom is -0.395 e. The molecular formula is C36H62N2O3. The van der Waals surface area contributed by atoms with Crippen LogP contribution in [-0.4, -0.2) is 59.9 Å².